The molecule has 0 radical (unpaired) electrons. The van der Waals surface area contributed by atoms with Crippen LogP contribution in [-0.2, 0) is 14.3 Å². The highest BCUT2D eigenvalue weighted by Gasteiger charge is 2.40. The Kier molecular flexibility index (Phi) is 3.14. The van der Waals surface area contributed by atoms with Gasteiger partial charge in [-0.2, -0.15) is 0 Å². The van der Waals surface area contributed by atoms with E-state index in [4.69, 9.17) is 4.74 Å². The number of nitrogens with zero attached hydrogens (tertiary/aromatic N) is 1. The largest absolute Gasteiger partial charge is 0.464 e. The van der Waals surface area contributed by atoms with Gasteiger partial charge in [0.05, 0.1) is 17.9 Å². The van der Waals surface area contributed by atoms with E-state index in [0.29, 0.717) is 11.3 Å². The van der Waals surface area contributed by atoms with Crippen LogP contribution in [0.1, 0.15) is 24.2 Å². The summed E-state index contributed by atoms with van der Waals surface area (Å²) in [5.74, 6) is -1.78. The van der Waals surface area contributed by atoms with Gasteiger partial charge in [-0.1, -0.05) is 12.1 Å². The fraction of sp³-hybridized carbons (Fsp3) is 0.308. The smallest absolute Gasteiger partial charge is 0.328 e. The third-order valence-corrected chi connectivity index (χ3v) is 2.84. The molecule has 2 rings (SSSR count). The number of benzene rings is 1. The molecule has 0 spiro atoms. The Hall–Kier alpha value is -2.17. The minimum atomic E-state index is -0.801. The SMILES string of the molecule is CCOC(=O)[C@@H](C)N1C(=O)C(=O)c2ccccc21. The second kappa shape index (κ2) is 4.60. The number of ether oxygens (including phenoxy) is 1. The second-order valence-electron chi connectivity index (χ2n) is 3.95. The lowest BCUT2D eigenvalue weighted by molar-refractivity contribution is -0.145. The normalized spacial score (nSPS) is 15.6. The molecule has 1 aromatic rings. The van der Waals surface area contributed by atoms with Gasteiger partial charge in [-0.3, -0.25) is 14.5 Å². The van der Waals surface area contributed by atoms with Gasteiger partial charge in [0.25, 0.3) is 11.7 Å². The highest BCUT2D eigenvalue weighted by Crippen LogP contribution is 2.30. The number of fused-ring (bicyclic) bond motifs is 1. The van der Waals surface area contributed by atoms with Crippen molar-refractivity contribution in [1.29, 1.82) is 0 Å². The predicted molar refractivity (Wildman–Crippen MR) is 64.4 cm³/mol. The summed E-state index contributed by atoms with van der Waals surface area (Å²) >= 11 is 0. The molecule has 0 bridgehead atoms. The van der Waals surface area contributed by atoms with Crippen molar-refractivity contribution in [3.8, 4) is 0 Å². The number of hydrogen-bond acceptors (Lipinski definition) is 4. The predicted octanol–water partition coefficient (Wildman–Crippen LogP) is 1.17. The molecular weight excluding hydrogens is 234 g/mol. The van der Waals surface area contributed by atoms with E-state index in [1.807, 2.05) is 0 Å². The van der Waals surface area contributed by atoms with Crippen molar-refractivity contribution in [2.75, 3.05) is 11.5 Å². The van der Waals surface area contributed by atoms with E-state index < -0.39 is 23.7 Å². The number of carbonyl (C=O) groups is 3. The van der Waals surface area contributed by atoms with Crippen LogP contribution >= 0.6 is 0 Å². The number of esters is 1. The van der Waals surface area contributed by atoms with Crippen LogP contribution < -0.4 is 4.90 Å². The summed E-state index contributed by atoms with van der Waals surface area (Å²) in [6.45, 7) is 3.47. The molecule has 0 aromatic heterocycles. The van der Waals surface area contributed by atoms with Crippen molar-refractivity contribution >= 4 is 23.3 Å². The molecule has 1 amide bonds. The molecule has 0 fully saturated rings. The van der Waals surface area contributed by atoms with Crippen LogP contribution in [0.25, 0.3) is 0 Å². The first-order valence-electron chi connectivity index (χ1n) is 5.71. The van der Waals surface area contributed by atoms with E-state index in [1.54, 1.807) is 38.1 Å². The van der Waals surface area contributed by atoms with Gasteiger partial charge in [0.15, 0.2) is 0 Å². The van der Waals surface area contributed by atoms with E-state index >= 15 is 0 Å². The summed E-state index contributed by atoms with van der Waals surface area (Å²) in [6.07, 6.45) is 0. The molecule has 94 valence electrons. The van der Waals surface area contributed by atoms with Crippen LogP contribution in [0, 0.1) is 0 Å². The molecule has 0 N–H and O–H groups in total. The van der Waals surface area contributed by atoms with Gasteiger partial charge in [0, 0.05) is 0 Å². The summed E-state index contributed by atoms with van der Waals surface area (Å²) in [7, 11) is 0. The van der Waals surface area contributed by atoms with Gasteiger partial charge in [-0.25, -0.2) is 4.79 Å². The van der Waals surface area contributed by atoms with Gasteiger partial charge in [0.1, 0.15) is 6.04 Å². The molecule has 0 aliphatic carbocycles. The molecule has 1 aliphatic heterocycles. The van der Waals surface area contributed by atoms with Crippen LogP contribution in [-0.4, -0.2) is 30.3 Å². The average Bonchev–Trinajstić information content (AvgIpc) is 2.62. The summed E-state index contributed by atoms with van der Waals surface area (Å²) in [5, 5.41) is 0. The van der Waals surface area contributed by atoms with Crippen molar-refractivity contribution < 1.29 is 19.1 Å². The molecule has 1 atom stereocenters. The number of para-hydroxylation sites is 1. The Bertz CT molecular complexity index is 523. The molecule has 5 nitrogen and oxygen atoms in total. The Labute approximate surface area is 104 Å². The zero-order valence-corrected chi connectivity index (χ0v) is 10.2. The van der Waals surface area contributed by atoms with Crippen LogP contribution in [0.4, 0.5) is 5.69 Å². The van der Waals surface area contributed by atoms with Gasteiger partial charge < -0.3 is 4.74 Å². The Morgan fingerprint density at radius 2 is 2.00 bits per heavy atom. The average molecular weight is 247 g/mol. The molecule has 1 aromatic carbocycles. The molecule has 5 heteroatoms. The zero-order valence-electron chi connectivity index (χ0n) is 10.2. The number of Topliss-reactive ketones (excluding diaryl/α,β-unsaturated/α-hetero) is 1. The number of ketones is 1. The molecule has 0 saturated carbocycles. The quantitative estimate of drug-likeness (QED) is 0.594. The van der Waals surface area contributed by atoms with Crippen molar-refractivity contribution in [2.24, 2.45) is 0 Å². The molecule has 1 aliphatic rings. The summed E-state index contributed by atoms with van der Waals surface area (Å²) in [4.78, 5) is 36.5. The van der Waals surface area contributed by atoms with Crippen LogP contribution in [0.2, 0.25) is 0 Å². The molecule has 0 unspecified atom stereocenters. The summed E-state index contributed by atoms with van der Waals surface area (Å²) < 4.78 is 4.87. The number of amides is 1. The zero-order chi connectivity index (χ0) is 13.3. The van der Waals surface area contributed by atoms with Crippen molar-refractivity contribution in [3.05, 3.63) is 29.8 Å². The standard InChI is InChI=1S/C13H13NO4/c1-3-18-13(17)8(2)14-10-7-5-4-6-9(10)11(15)12(14)16/h4-8H,3H2,1-2H3/t8-/m1/s1. The molecule has 0 saturated heterocycles. The minimum Gasteiger partial charge on any atom is -0.464 e. The maximum atomic E-state index is 11.9. The van der Waals surface area contributed by atoms with E-state index in [1.165, 1.54) is 4.90 Å². The topological polar surface area (TPSA) is 63.7 Å². The number of carbonyl (C=O) groups excluding carboxylic acids is 3. The summed E-state index contributed by atoms with van der Waals surface area (Å²) in [5.41, 5.74) is 0.798. The second-order valence-corrected chi connectivity index (χ2v) is 3.95. The van der Waals surface area contributed by atoms with Crippen LogP contribution in [0.15, 0.2) is 24.3 Å². The van der Waals surface area contributed by atoms with Crippen LogP contribution in [0.3, 0.4) is 0 Å². The van der Waals surface area contributed by atoms with Gasteiger partial charge in [-0.05, 0) is 26.0 Å². The first-order chi connectivity index (χ1) is 8.57. The number of anilines is 1. The number of hydrogen-bond donors (Lipinski definition) is 0. The maximum Gasteiger partial charge on any atom is 0.328 e. The number of rotatable bonds is 3. The Balaban J connectivity index is 2.37. The lowest BCUT2D eigenvalue weighted by Crippen LogP contribution is -2.43. The van der Waals surface area contributed by atoms with E-state index in [2.05, 4.69) is 0 Å². The van der Waals surface area contributed by atoms with Crippen LogP contribution in [0.5, 0.6) is 0 Å². The maximum absolute atomic E-state index is 11.9. The van der Waals surface area contributed by atoms with Gasteiger partial charge in [0.2, 0.25) is 0 Å². The van der Waals surface area contributed by atoms with Crippen molar-refractivity contribution in [1.82, 2.24) is 0 Å². The van der Waals surface area contributed by atoms with Gasteiger partial charge in [-0.15, -0.1) is 0 Å². The fourth-order valence-electron chi connectivity index (χ4n) is 1.96. The van der Waals surface area contributed by atoms with Crippen molar-refractivity contribution in [3.63, 3.8) is 0 Å². The van der Waals surface area contributed by atoms with E-state index in [-0.39, 0.29) is 6.61 Å². The Morgan fingerprint density at radius 3 is 2.67 bits per heavy atom. The third kappa shape index (κ3) is 1.77. The monoisotopic (exact) mass is 247 g/mol. The molecule has 1 heterocycles. The summed E-state index contributed by atoms with van der Waals surface area (Å²) in [6, 6.07) is 5.82. The highest BCUT2D eigenvalue weighted by molar-refractivity contribution is 6.52. The Morgan fingerprint density at radius 1 is 1.33 bits per heavy atom. The molecular formula is C13H13NO4. The van der Waals surface area contributed by atoms with Gasteiger partial charge >= 0.3 is 5.97 Å². The van der Waals surface area contributed by atoms with E-state index in [9.17, 15) is 14.4 Å². The van der Waals surface area contributed by atoms with Crippen molar-refractivity contribution in [2.45, 2.75) is 19.9 Å². The highest BCUT2D eigenvalue weighted by atomic mass is 16.5. The molecule has 18 heavy (non-hydrogen) atoms. The van der Waals surface area contributed by atoms with E-state index in [0.717, 1.165) is 0 Å². The lowest BCUT2D eigenvalue weighted by atomic mass is 10.1. The first-order valence-corrected chi connectivity index (χ1v) is 5.71. The fourth-order valence-corrected chi connectivity index (χ4v) is 1.96. The minimum absolute atomic E-state index is 0.237. The first kappa shape index (κ1) is 12.3. The lowest BCUT2D eigenvalue weighted by Gasteiger charge is -2.22. The third-order valence-electron chi connectivity index (χ3n) is 2.84.